The van der Waals surface area contributed by atoms with Crippen LogP contribution in [0.15, 0.2) is 17.8 Å². The summed E-state index contributed by atoms with van der Waals surface area (Å²) in [6.45, 7) is 7.09. The van der Waals surface area contributed by atoms with E-state index in [0.717, 1.165) is 17.1 Å². The average Bonchev–Trinajstić information content (AvgIpc) is 2.12. The summed E-state index contributed by atoms with van der Waals surface area (Å²) in [7, 11) is 0. The molecular weight excluding hydrogens is 204 g/mol. The van der Waals surface area contributed by atoms with Gasteiger partial charge in [0.1, 0.15) is 0 Å². The number of hydrogen-bond donors (Lipinski definition) is 2. The summed E-state index contributed by atoms with van der Waals surface area (Å²) in [5, 5.41) is 0. The third-order valence-corrected chi connectivity index (χ3v) is 1.77. The normalized spacial score (nSPS) is 11.1. The smallest absolute Gasteiger partial charge is 0.242 e. The maximum atomic E-state index is 10.8. The van der Waals surface area contributed by atoms with Crippen LogP contribution in [0.2, 0.25) is 0 Å². The number of carbonyl (C=O) groups excluding carboxylic acids is 1. The first-order valence-corrected chi connectivity index (χ1v) is 5.00. The third-order valence-electron chi connectivity index (χ3n) is 1.77. The van der Waals surface area contributed by atoms with Gasteiger partial charge in [0.2, 0.25) is 5.95 Å². The average molecular weight is 220 g/mol. The van der Waals surface area contributed by atoms with Crippen molar-refractivity contribution in [3.63, 3.8) is 0 Å². The van der Waals surface area contributed by atoms with Crippen LogP contribution in [0.4, 0.5) is 5.95 Å². The van der Waals surface area contributed by atoms with Gasteiger partial charge in [0.05, 0.1) is 0 Å². The van der Waals surface area contributed by atoms with Crippen molar-refractivity contribution in [3.8, 4) is 0 Å². The number of ketones is 1. The van der Waals surface area contributed by atoms with Gasteiger partial charge in [0.15, 0.2) is 5.78 Å². The molecule has 0 fully saturated rings. The minimum absolute atomic E-state index is 0.00635. The van der Waals surface area contributed by atoms with E-state index in [4.69, 9.17) is 0 Å². The molecule has 0 amide bonds. The van der Waals surface area contributed by atoms with Crippen LogP contribution in [0.5, 0.6) is 0 Å². The summed E-state index contributed by atoms with van der Waals surface area (Å²) < 4.78 is 0. The van der Waals surface area contributed by atoms with E-state index in [-0.39, 0.29) is 5.78 Å². The molecule has 0 saturated heterocycles. The van der Waals surface area contributed by atoms with Gasteiger partial charge in [-0.05, 0) is 33.8 Å². The number of aromatic nitrogens is 2. The Morgan fingerprint density at radius 3 is 2.31 bits per heavy atom. The van der Waals surface area contributed by atoms with E-state index >= 15 is 0 Å². The highest BCUT2D eigenvalue weighted by atomic mass is 16.1. The van der Waals surface area contributed by atoms with E-state index in [1.54, 1.807) is 6.92 Å². The predicted octanol–water partition coefficient (Wildman–Crippen LogP) is 1.50. The minimum Gasteiger partial charge on any atom is -0.303 e. The molecule has 5 nitrogen and oxygen atoms in total. The van der Waals surface area contributed by atoms with Gasteiger partial charge in [0, 0.05) is 23.2 Å². The van der Waals surface area contributed by atoms with Crippen LogP contribution >= 0.6 is 0 Å². The van der Waals surface area contributed by atoms with Crippen LogP contribution in [0.1, 0.15) is 25.2 Å². The fourth-order valence-corrected chi connectivity index (χ4v) is 1.28. The van der Waals surface area contributed by atoms with E-state index in [0.29, 0.717) is 5.95 Å². The van der Waals surface area contributed by atoms with Crippen molar-refractivity contribution >= 4 is 11.7 Å². The molecule has 0 aliphatic rings. The molecule has 16 heavy (non-hydrogen) atoms. The summed E-state index contributed by atoms with van der Waals surface area (Å²) >= 11 is 0. The Hall–Kier alpha value is -1.91. The molecule has 0 saturated carbocycles. The predicted molar refractivity (Wildman–Crippen MR) is 62.7 cm³/mol. The van der Waals surface area contributed by atoms with E-state index in [1.165, 1.54) is 13.0 Å². The number of anilines is 1. The zero-order valence-electron chi connectivity index (χ0n) is 9.96. The Kier molecular flexibility index (Phi) is 3.99. The van der Waals surface area contributed by atoms with E-state index < -0.39 is 0 Å². The fourth-order valence-electron chi connectivity index (χ4n) is 1.28. The van der Waals surface area contributed by atoms with Crippen molar-refractivity contribution in [2.24, 2.45) is 0 Å². The van der Waals surface area contributed by atoms with Gasteiger partial charge in [-0.2, -0.15) is 0 Å². The van der Waals surface area contributed by atoms with Crippen molar-refractivity contribution in [2.75, 3.05) is 5.43 Å². The van der Waals surface area contributed by atoms with Crippen LogP contribution in [-0.4, -0.2) is 15.8 Å². The molecule has 0 unspecified atom stereocenters. The second kappa shape index (κ2) is 5.25. The Bertz CT molecular complexity index is 406. The number of aryl methyl sites for hydroxylation is 2. The van der Waals surface area contributed by atoms with Crippen molar-refractivity contribution in [1.82, 2.24) is 15.4 Å². The summed E-state index contributed by atoms with van der Waals surface area (Å²) in [6, 6.07) is 1.89. The number of nitrogens with zero attached hydrogens (tertiary/aromatic N) is 2. The molecule has 0 atom stereocenters. The lowest BCUT2D eigenvalue weighted by Gasteiger charge is -2.09. The van der Waals surface area contributed by atoms with Crippen molar-refractivity contribution in [3.05, 3.63) is 29.2 Å². The number of hydrazine groups is 1. The first kappa shape index (κ1) is 12.2. The lowest BCUT2D eigenvalue weighted by Crippen LogP contribution is -2.22. The maximum absolute atomic E-state index is 10.8. The Morgan fingerprint density at radius 2 is 1.81 bits per heavy atom. The molecule has 0 aromatic carbocycles. The first-order valence-electron chi connectivity index (χ1n) is 5.00. The van der Waals surface area contributed by atoms with Crippen LogP contribution in [0.3, 0.4) is 0 Å². The molecule has 2 N–H and O–H groups in total. The molecule has 1 aromatic rings. The maximum Gasteiger partial charge on any atom is 0.242 e. The van der Waals surface area contributed by atoms with Crippen molar-refractivity contribution in [1.29, 1.82) is 0 Å². The zero-order chi connectivity index (χ0) is 12.1. The summed E-state index contributed by atoms with van der Waals surface area (Å²) in [5.41, 5.74) is 8.19. The zero-order valence-corrected chi connectivity index (χ0v) is 9.96. The van der Waals surface area contributed by atoms with Gasteiger partial charge in [-0.15, -0.1) is 0 Å². The highest BCUT2D eigenvalue weighted by molar-refractivity contribution is 5.87. The molecular formula is C11H16N4O. The lowest BCUT2D eigenvalue weighted by molar-refractivity contribution is -0.112. The van der Waals surface area contributed by atoms with Crippen LogP contribution < -0.4 is 10.9 Å². The molecule has 0 spiro atoms. The quantitative estimate of drug-likeness (QED) is 0.594. The highest BCUT2D eigenvalue weighted by Crippen LogP contribution is 2.02. The van der Waals surface area contributed by atoms with Gasteiger partial charge in [-0.3, -0.25) is 10.2 Å². The third kappa shape index (κ3) is 4.08. The molecule has 0 radical (unpaired) electrons. The van der Waals surface area contributed by atoms with E-state index in [9.17, 15) is 4.79 Å². The molecule has 1 heterocycles. The monoisotopic (exact) mass is 220 g/mol. The van der Waals surface area contributed by atoms with Gasteiger partial charge in [-0.1, -0.05) is 0 Å². The first-order chi connectivity index (χ1) is 7.47. The second-order valence-electron chi connectivity index (χ2n) is 3.66. The van der Waals surface area contributed by atoms with Crippen LogP contribution in [0.25, 0.3) is 0 Å². The van der Waals surface area contributed by atoms with Gasteiger partial charge < -0.3 is 5.43 Å². The summed E-state index contributed by atoms with van der Waals surface area (Å²) in [6.07, 6.45) is 1.50. The van der Waals surface area contributed by atoms with Gasteiger partial charge in [0.25, 0.3) is 0 Å². The minimum atomic E-state index is -0.00635. The van der Waals surface area contributed by atoms with Crippen molar-refractivity contribution < 1.29 is 4.79 Å². The Balaban J connectivity index is 2.64. The standard InChI is InChI=1S/C11H16N4O/c1-7-5-8(2)13-11(12-7)15-14-9(3)6-10(4)16/h5-6,14H,1-4H3,(H,12,13,15)/b9-6-. The second-order valence-corrected chi connectivity index (χ2v) is 3.66. The lowest BCUT2D eigenvalue weighted by atomic mass is 10.3. The topological polar surface area (TPSA) is 66.9 Å². The number of rotatable bonds is 4. The Morgan fingerprint density at radius 1 is 1.25 bits per heavy atom. The van der Waals surface area contributed by atoms with E-state index in [1.807, 2.05) is 19.9 Å². The molecule has 0 bridgehead atoms. The fraction of sp³-hybridized carbons (Fsp3) is 0.364. The number of allylic oxidation sites excluding steroid dienone is 2. The number of carbonyl (C=O) groups is 1. The molecule has 0 aliphatic heterocycles. The largest absolute Gasteiger partial charge is 0.303 e. The van der Waals surface area contributed by atoms with Crippen molar-refractivity contribution in [2.45, 2.75) is 27.7 Å². The van der Waals surface area contributed by atoms with Gasteiger partial charge in [-0.25, -0.2) is 9.97 Å². The van der Waals surface area contributed by atoms with Crippen LogP contribution in [0, 0.1) is 13.8 Å². The molecule has 0 aliphatic carbocycles. The number of nitrogens with one attached hydrogen (secondary N) is 2. The van der Waals surface area contributed by atoms with Crippen LogP contribution in [-0.2, 0) is 4.79 Å². The van der Waals surface area contributed by atoms with E-state index in [2.05, 4.69) is 20.8 Å². The summed E-state index contributed by atoms with van der Waals surface area (Å²) in [4.78, 5) is 19.2. The molecule has 1 aromatic heterocycles. The molecule has 1 rings (SSSR count). The highest BCUT2D eigenvalue weighted by Gasteiger charge is 1.98. The number of hydrogen-bond acceptors (Lipinski definition) is 5. The summed E-state index contributed by atoms with van der Waals surface area (Å²) in [5.74, 6) is 0.488. The SMILES string of the molecule is CC(=O)/C=C(/C)NNc1nc(C)cc(C)n1. The molecule has 86 valence electrons. The Labute approximate surface area is 95.0 Å². The van der Waals surface area contributed by atoms with Gasteiger partial charge >= 0.3 is 0 Å². The molecule has 5 heteroatoms.